The molecule has 2 aromatic carbocycles. The zero-order valence-corrected chi connectivity index (χ0v) is 20.2. The number of nitrogens with zero attached hydrogens (tertiary/aromatic N) is 2. The van der Waals surface area contributed by atoms with Gasteiger partial charge in [0.1, 0.15) is 18.2 Å². The van der Waals surface area contributed by atoms with E-state index in [-0.39, 0.29) is 11.5 Å². The van der Waals surface area contributed by atoms with Gasteiger partial charge in [0.05, 0.1) is 7.11 Å². The van der Waals surface area contributed by atoms with E-state index in [2.05, 4.69) is 6.92 Å². The fraction of sp³-hybridized carbons (Fsp3) is 0.321. The Morgan fingerprint density at radius 3 is 2.38 bits per heavy atom. The van der Waals surface area contributed by atoms with E-state index in [9.17, 15) is 14.9 Å². The number of imide groups is 1. The highest BCUT2D eigenvalue weighted by molar-refractivity contribution is 6.19. The topological polar surface area (TPSA) is 79.6 Å². The van der Waals surface area contributed by atoms with Gasteiger partial charge in [-0.05, 0) is 55.2 Å². The average Bonchev–Trinajstić information content (AvgIpc) is 2.84. The number of nitriles is 1. The smallest absolute Gasteiger partial charge is 0.271 e. The molecular weight excluding hydrogens is 428 g/mol. The van der Waals surface area contributed by atoms with Crippen LogP contribution in [0.25, 0.3) is 6.08 Å². The summed E-state index contributed by atoms with van der Waals surface area (Å²) < 4.78 is 11.5. The summed E-state index contributed by atoms with van der Waals surface area (Å²) in [6.45, 7) is 6.43. The first kappa shape index (κ1) is 24.8. The maximum Gasteiger partial charge on any atom is 0.271 e. The minimum Gasteiger partial charge on any atom is -0.493 e. The largest absolute Gasteiger partial charge is 0.493 e. The fourth-order valence-electron chi connectivity index (χ4n) is 3.76. The molecule has 34 heavy (non-hydrogen) atoms. The Morgan fingerprint density at radius 1 is 1.00 bits per heavy atom. The van der Waals surface area contributed by atoms with Crippen LogP contribution in [0.5, 0.6) is 11.5 Å². The highest BCUT2D eigenvalue weighted by Crippen LogP contribution is 2.32. The molecule has 0 spiro atoms. The summed E-state index contributed by atoms with van der Waals surface area (Å²) in [6, 6.07) is 15.5. The molecule has 6 nitrogen and oxygen atoms in total. The molecule has 0 bridgehead atoms. The number of aryl methyl sites for hydroxylation is 1. The minimum absolute atomic E-state index is 0.00682. The molecule has 0 aliphatic carbocycles. The number of hydrogen-bond donors (Lipinski definition) is 0. The van der Waals surface area contributed by atoms with Crippen LogP contribution in [-0.2, 0) is 16.2 Å². The Hall–Kier alpha value is -3.85. The van der Waals surface area contributed by atoms with Crippen LogP contribution in [0.4, 0.5) is 0 Å². The van der Waals surface area contributed by atoms with Crippen LogP contribution in [0.3, 0.4) is 0 Å². The van der Waals surface area contributed by atoms with Crippen molar-refractivity contribution in [1.29, 1.82) is 5.26 Å². The van der Waals surface area contributed by atoms with Crippen LogP contribution >= 0.6 is 0 Å². The molecule has 0 aromatic heterocycles. The Morgan fingerprint density at radius 2 is 1.74 bits per heavy atom. The Balaban J connectivity index is 1.88. The van der Waals surface area contributed by atoms with E-state index in [1.807, 2.05) is 43.3 Å². The molecule has 0 fully saturated rings. The third-order valence-corrected chi connectivity index (χ3v) is 5.82. The first-order chi connectivity index (χ1) is 16.4. The second-order valence-corrected chi connectivity index (χ2v) is 8.32. The van der Waals surface area contributed by atoms with Crippen LogP contribution in [0.2, 0.25) is 0 Å². The van der Waals surface area contributed by atoms with E-state index in [0.717, 1.165) is 18.4 Å². The Labute approximate surface area is 201 Å². The maximum absolute atomic E-state index is 13.1. The lowest BCUT2D eigenvalue weighted by Gasteiger charge is -2.27. The van der Waals surface area contributed by atoms with E-state index in [1.54, 1.807) is 32.2 Å². The molecule has 2 amide bonds. The monoisotopic (exact) mass is 458 g/mol. The van der Waals surface area contributed by atoms with Gasteiger partial charge in [-0.1, -0.05) is 55.7 Å². The lowest BCUT2D eigenvalue weighted by molar-refractivity contribution is -0.140. The van der Waals surface area contributed by atoms with Crippen LogP contribution in [0, 0.1) is 18.3 Å². The molecule has 1 aliphatic rings. The van der Waals surface area contributed by atoms with Crippen molar-refractivity contribution in [3.05, 3.63) is 75.9 Å². The maximum atomic E-state index is 13.1. The lowest BCUT2D eigenvalue weighted by atomic mass is 9.93. The van der Waals surface area contributed by atoms with Crippen LogP contribution in [-0.4, -0.2) is 30.4 Å². The van der Waals surface area contributed by atoms with Gasteiger partial charge < -0.3 is 9.47 Å². The van der Waals surface area contributed by atoms with Crippen molar-refractivity contribution in [2.45, 2.75) is 46.6 Å². The molecular formula is C28H30N2O4. The number of rotatable bonds is 9. The molecule has 0 atom stereocenters. The molecule has 0 unspecified atom stereocenters. The van der Waals surface area contributed by atoms with Gasteiger partial charge in [0.2, 0.25) is 0 Å². The van der Waals surface area contributed by atoms with Crippen molar-refractivity contribution >= 4 is 17.9 Å². The molecule has 176 valence electrons. The second kappa shape index (κ2) is 11.3. The van der Waals surface area contributed by atoms with Gasteiger partial charge in [-0.2, -0.15) is 5.26 Å². The quantitative estimate of drug-likeness (QED) is 0.287. The summed E-state index contributed by atoms with van der Waals surface area (Å²) in [5, 5.41) is 9.55. The van der Waals surface area contributed by atoms with E-state index < -0.39 is 5.91 Å². The van der Waals surface area contributed by atoms with Gasteiger partial charge >= 0.3 is 0 Å². The Bertz CT molecular complexity index is 1170. The zero-order valence-electron chi connectivity index (χ0n) is 20.2. The van der Waals surface area contributed by atoms with E-state index in [4.69, 9.17) is 9.47 Å². The van der Waals surface area contributed by atoms with E-state index >= 15 is 0 Å². The predicted molar refractivity (Wildman–Crippen MR) is 131 cm³/mol. The number of ether oxygens (including phenoxy) is 2. The Kier molecular flexibility index (Phi) is 8.26. The number of hydrogen-bond acceptors (Lipinski definition) is 5. The molecule has 6 heteroatoms. The first-order valence-electron chi connectivity index (χ1n) is 11.4. The van der Waals surface area contributed by atoms with Gasteiger partial charge in [0.25, 0.3) is 11.8 Å². The molecule has 1 heterocycles. The zero-order chi connectivity index (χ0) is 24.7. The molecule has 0 saturated carbocycles. The SMILES string of the molecule is CCCCCN1C(=O)C(C#N)=C(C)/C(=C\c2ccc(OCc3ccc(C)cc3)c(OC)c2)C1=O. The summed E-state index contributed by atoms with van der Waals surface area (Å²) in [4.78, 5) is 27.0. The van der Waals surface area contributed by atoms with Gasteiger partial charge in [-0.25, -0.2) is 0 Å². The standard InChI is InChI=1S/C28H30N2O4/c1-5-6-7-14-30-27(31)23(20(3)24(17-29)28(30)32)15-22-12-13-25(26(16-22)33-4)34-18-21-10-8-19(2)9-11-21/h8-13,15-16H,5-7,14,18H2,1-4H3/b23-15+. The van der Waals surface area contributed by atoms with Crippen LogP contribution < -0.4 is 9.47 Å². The third kappa shape index (κ3) is 5.55. The minimum atomic E-state index is -0.518. The molecule has 3 rings (SSSR count). The number of carbonyl (C=O) groups is 2. The second-order valence-electron chi connectivity index (χ2n) is 8.32. The summed E-state index contributed by atoms with van der Waals surface area (Å²) in [7, 11) is 1.56. The number of amides is 2. The van der Waals surface area contributed by atoms with Gasteiger partial charge in [0.15, 0.2) is 11.5 Å². The van der Waals surface area contributed by atoms with Gasteiger partial charge in [0, 0.05) is 12.1 Å². The van der Waals surface area contributed by atoms with Gasteiger partial charge in [-0.3, -0.25) is 14.5 Å². The number of unbranched alkanes of at least 4 members (excludes halogenated alkanes) is 2. The highest BCUT2D eigenvalue weighted by atomic mass is 16.5. The molecule has 1 aliphatic heterocycles. The summed E-state index contributed by atoms with van der Waals surface area (Å²) in [5.74, 6) is 0.219. The van der Waals surface area contributed by atoms with Crippen molar-refractivity contribution < 1.29 is 19.1 Å². The van der Waals surface area contributed by atoms with Crippen molar-refractivity contribution in [1.82, 2.24) is 4.90 Å². The van der Waals surface area contributed by atoms with E-state index in [0.29, 0.717) is 47.8 Å². The van der Waals surface area contributed by atoms with Crippen molar-refractivity contribution in [3.63, 3.8) is 0 Å². The highest BCUT2D eigenvalue weighted by Gasteiger charge is 2.35. The lowest BCUT2D eigenvalue weighted by Crippen LogP contribution is -2.43. The van der Waals surface area contributed by atoms with Crippen molar-refractivity contribution in [3.8, 4) is 17.6 Å². The number of carbonyl (C=O) groups excluding carboxylic acids is 2. The average molecular weight is 459 g/mol. The first-order valence-corrected chi connectivity index (χ1v) is 11.4. The molecule has 0 saturated heterocycles. The van der Waals surface area contributed by atoms with Gasteiger partial charge in [-0.15, -0.1) is 0 Å². The van der Waals surface area contributed by atoms with Crippen molar-refractivity contribution in [2.24, 2.45) is 0 Å². The summed E-state index contributed by atoms with van der Waals surface area (Å²) in [5.41, 5.74) is 3.68. The summed E-state index contributed by atoms with van der Waals surface area (Å²) >= 11 is 0. The fourth-order valence-corrected chi connectivity index (χ4v) is 3.76. The predicted octanol–water partition coefficient (Wildman–Crippen LogP) is 5.37. The normalized spacial score (nSPS) is 15.0. The third-order valence-electron chi connectivity index (χ3n) is 5.82. The molecule has 0 N–H and O–H groups in total. The van der Waals surface area contributed by atoms with Crippen LogP contribution in [0.15, 0.2) is 59.2 Å². The van der Waals surface area contributed by atoms with Crippen LogP contribution in [0.1, 0.15) is 49.8 Å². The van der Waals surface area contributed by atoms with E-state index in [1.165, 1.54) is 10.5 Å². The number of benzene rings is 2. The number of methoxy groups -OCH3 is 1. The molecule has 2 aromatic rings. The molecule has 0 radical (unpaired) electrons. The summed E-state index contributed by atoms with van der Waals surface area (Å²) in [6.07, 6.45) is 4.28. The van der Waals surface area contributed by atoms with Crippen molar-refractivity contribution in [2.75, 3.05) is 13.7 Å².